The average molecular weight is 277 g/mol. The number of hydrogen-bond donors (Lipinski definition) is 1. The summed E-state index contributed by atoms with van der Waals surface area (Å²) in [6, 6.07) is 0. The number of carboxylic acids is 1. The summed E-state index contributed by atoms with van der Waals surface area (Å²) in [7, 11) is -3.44. The van der Waals surface area contributed by atoms with Gasteiger partial charge in [0, 0.05) is 6.54 Å². The Balaban J connectivity index is 3.01. The van der Waals surface area contributed by atoms with E-state index in [2.05, 4.69) is 0 Å². The van der Waals surface area contributed by atoms with Crippen LogP contribution in [0.4, 0.5) is 0 Å². The van der Waals surface area contributed by atoms with E-state index in [1.54, 1.807) is 0 Å². The molecule has 106 valence electrons. The molecule has 1 heterocycles. The summed E-state index contributed by atoms with van der Waals surface area (Å²) in [5.74, 6) is -0.940. The van der Waals surface area contributed by atoms with Crippen molar-refractivity contribution < 1.29 is 18.3 Å². The standard InChI is InChI=1S/C12H23NO4S/c1-3-5-10-18(16,17)13-9-6-8-12(13,7-4-2)11(14)15/h3-10H2,1-2H3,(H,14,15). The maximum atomic E-state index is 12.2. The summed E-state index contributed by atoms with van der Waals surface area (Å²) >= 11 is 0. The van der Waals surface area contributed by atoms with Crippen LogP contribution in [0.3, 0.4) is 0 Å². The Morgan fingerprint density at radius 1 is 1.33 bits per heavy atom. The Labute approximate surface area is 109 Å². The maximum absolute atomic E-state index is 12.2. The van der Waals surface area contributed by atoms with Crippen molar-refractivity contribution in [3.63, 3.8) is 0 Å². The molecule has 0 aliphatic carbocycles. The van der Waals surface area contributed by atoms with Gasteiger partial charge in [-0.2, -0.15) is 4.31 Å². The molecule has 1 aliphatic rings. The Morgan fingerprint density at radius 2 is 2.00 bits per heavy atom. The molecule has 1 rings (SSSR count). The number of hydrogen-bond acceptors (Lipinski definition) is 3. The quantitative estimate of drug-likeness (QED) is 0.770. The molecule has 18 heavy (non-hydrogen) atoms. The van der Waals surface area contributed by atoms with Crippen LogP contribution < -0.4 is 0 Å². The first-order chi connectivity index (χ1) is 8.40. The first kappa shape index (κ1) is 15.4. The average Bonchev–Trinajstić information content (AvgIpc) is 2.73. The second-order valence-corrected chi connectivity index (χ2v) is 6.94. The van der Waals surface area contributed by atoms with Gasteiger partial charge in [0.1, 0.15) is 5.54 Å². The van der Waals surface area contributed by atoms with Crippen molar-refractivity contribution in [2.45, 2.75) is 57.9 Å². The molecule has 0 aromatic rings. The van der Waals surface area contributed by atoms with Gasteiger partial charge in [-0.05, 0) is 25.7 Å². The van der Waals surface area contributed by atoms with Gasteiger partial charge in [0.2, 0.25) is 10.0 Å². The highest BCUT2D eigenvalue weighted by molar-refractivity contribution is 7.89. The molecule has 0 bridgehead atoms. The van der Waals surface area contributed by atoms with Crippen LogP contribution in [0.2, 0.25) is 0 Å². The predicted octanol–water partition coefficient (Wildman–Crippen LogP) is 1.84. The van der Waals surface area contributed by atoms with E-state index in [9.17, 15) is 18.3 Å². The molecule has 5 nitrogen and oxygen atoms in total. The van der Waals surface area contributed by atoms with E-state index < -0.39 is 21.5 Å². The van der Waals surface area contributed by atoms with E-state index in [0.717, 1.165) is 6.42 Å². The van der Waals surface area contributed by atoms with Crippen molar-refractivity contribution in [2.75, 3.05) is 12.3 Å². The number of rotatable bonds is 7. The molecule has 1 atom stereocenters. The highest BCUT2D eigenvalue weighted by atomic mass is 32.2. The summed E-state index contributed by atoms with van der Waals surface area (Å²) in [6.07, 6.45) is 3.51. The summed E-state index contributed by atoms with van der Waals surface area (Å²) in [6.45, 7) is 4.16. The summed E-state index contributed by atoms with van der Waals surface area (Å²) in [4.78, 5) is 11.5. The van der Waals surface area contributed by atoms with E-state index in [1.165, 1.54) is 4.31 Å². The molecule has 0 aromatic heterocycles. The van der Waals surface area contributed by atoms with Crippen LogP contribution in [0.1, 0.15) is 52.4 Å². The lowest BCUT2D eigenvalue weighted by Crippen LogP contribution is -2.53. The fraction of sp³-hybridized carbons (Fsp3) is 0.917. The summed E-state index contributed by atoms with van der Waals surface area (Å²) < 4.78 is 25.7. The Hall–Kier alpha value is -0.620. The van der Waals surface area contributed by atoms with Gasteiger partial charge in [0.25, 0.3) is 0 Å². The molecule has 0 spiro atoms. The largest absolute Gasteiger partial charge is 0.480 e. The van der Waals surface area contributed by atoms with Crippen LogP contribution in [-0.2, 0) is 14.8 Å². The SMILES string of the molecule is CCCCS(=O)(=O)N1CCCC1(CCC)C(=O)O. The molecule has 1 saturated heterocycles. The van der Waals surface area contributed by atoms with Crippen molar-refractivity contribution in [2.24, 2.45) is 0 Å². The zero-order valence-corrected chi connectivity index (χ0v) is 12.0. The fourth-order valence-corrected chi connectivity index (χ4v) is 4.75. The molecule has 0 aromatic carbocycles. The van der Waals surface area contributed by atoms with Crippen molar-refractivity contribution in [1.82, 2.24) is 4.31 Å². The number of sulfonamides is 1. The van der Waals surface area contributed by atoms with Gasteiger partial charge >= 0.3 is 5.97 Å². The number of nitrogens with zero attached hydrogens (tertiary/aromatic N) is 1. The van der Waals surface area contributed by atoms with Gasteiger partial charge in [-0.25, -0.2) is 8.42 Å². The van der Waals surface area contributed by atoms with Crippen LogP contribution >= 0.6 is 0 Å². The second-order valence-electron chi connectivity index (χ2n) is 4.93. The molecule has 0 amide bonds. The van der Waals surface area contributed by atoms with Crippen LogP contribution in [0.15, 0.2) is 0 Å². The molecular formula is C12H23NO4S. The third-order valence-electron chi connectivity index (χ3n) is 3.58. The monoisotopic (exact) mass is 277 g/mol. The van der Waals surface area contributed by atoms with Crippen molar-refractivity contribution in [3.8, 4) is 0 Å². The third kappa shape index (κ3) is 2.85. The topological polar surface area (TPSA) is 74.7 Å². The lowest BCUT2D eigenvalue weighted by molar-refractivity contribution is -0.147. The Kier molecular flexibility index (Phi) is 5.16. The van der Waals surface area contributed by atoms with Crippen molar-refractivity contribution in [3.05, 3.63) is 0 Å². The normalized spacial score (nSPS) is 25.4. The van der Waals surface area contributed by atoms with E-state index >= 15 is 0 Å². The lowest BCUT2D eigenvalue weighted by Gasteiger charge is -2.33. The lowest BCUT2D eigenvalue weighted by atomic mass is 9.92. The maximum Gasteiger partial charge on any atom is 0.325 e. The minimum absolute atomic E-state index is 0.0578. The van der Waals surface area contributed by atoms with Gasteiger partial charge in [-0.3, -0.25) is 4.79 Å². The molecule has 1 unspecified atom stereocenters. The zero-order chi connectivity index (χ0) is 13.8. The Morgan fingerprint density at radius 3 is 2.50 bits per heavy atom. The van der Waals surface area contributed by atoms with Crippen LogP contribution in [0.5, 0.6) is 0 Å². The third-order valence-corrected chi connectivity index (χ3v) is 5.59. The second kappa shape index (κ2) is 6.02. The van der Waals surface area contributed by atoms with Crippen molar-refractivity contribution in [1.29, 1.82) is 0 Å². The van der Waals surface area contributed by atoms with Gasteiger partial charge < -0.3 is 5.11 Å². The van der Waals surface area contributed by atoms with E-state index in [-0.39, 0.29) is 5.75 Å². The fourth-order valence-electron chi connectivity index (χ4n) is 2.68. The van der Waals surface area contributed by atoms with Gasteiger partial charge in [0.15, 0.2) is 0 Å². The smallest absolute Gasteiger partial charge is 0.325 e. The van der Waals surface area contributed by atoms with Gasteiger partial charge in [-0.1, -0.05) is 26.7 Å². The minimum atomic E-state index is -3.44. The minimum Gasteiger partial charge on any atom is -0.480 e. The van der Waals surface area contributed by atoms with Gasteiger partial charge in [0.05, 0.1) is 5.75 Å². The number of carbonyl (C=O) groups is 1. The number of aliphatic carboxylic acids is 1. The summed E-state index contributed by atoms with van der Waals surface area (Å²) in [5, 5.41) is 9.45. The van der Waals surface area contributed by atoms with Crippen LogP contribution in [-0.4, -0.2) is 41.6 Å². The summed E-state index contributed by atoms with van der Waals surface area (Å²) in [5.41, 5.74) is -1.19. The van der Waals surface area contributed by atoms with Crippen molar-refractivity contribution >= 4 is 16.0 Å². The molecule has 6 heteroatoms. The van der Waals surface area contributed by atoms with E-state index in [4.69, 9.17) is 0 Å². The van der Waals surface area contributed by atoms with Gasteiger partial charge in [-0.15, -0.1) is 0 Å². The first-order valence-electron chi connectivity index (χ1n) is 6.64. The molecule has 0 radical (unpaired) electrons. The molecular weight excluding hydrogens is 254 g/mol. The van der Waals surface area contributed by atoms with Crippen LogP contribution in [0.25, 0.3) is 0 Å². The zero-order valence-electron chi connectivity index (χ0n) is 11.2. The highest BCUT2D eigenvalue weighted by Crippen LogP contribution is 2.36. The first-order valence-corrected chi connectivity index (χ1v) is 8.25. The van der Waals surface area contributed by atoms with E-state index in [0.29, 0.717) is 38.6 Å². The highest BCUT2D eigenvalue weighted by Gasteiger charge is 2.51. The molecule has 1 fully saturated rings. The number of unbranched alkanes of at least 4 members (excludes halogenated alkanes) is 1. The molecule has 0 saturated carbocycles. The number of carboxylic acid groups (broad SMARTS) is 1. The predicted molar refractivity (Wildman–Crippen MR) is 69.9 cm³/mol. The molecule has 1 aliphatic heterocycles. The van der Waals surface area contributed by atoms with E-state index in [1.807, 2.05) is 13.8 Å². The Bertz CT molecular complexity index is 393. The molecule has 1 N–H and O–H groups in total. The van der Waals surface area contributed by atoms with Crippen LogP contribution in [0, 0.1) is 0 Å².